The van der Waals surface area contributed by atoms with Gasteiger partial charge in [-0.15, -0.1) is 0 Å². The van der Waals surface area contributed by atoms with Gasteiger partial charge in [-0.1, -0.05) is 28.1 Å². The molecule has 1 aliphatic rings. The number of halogens is 1. The Kier molecular flexibility index (Phi) is 8.36. The van der Waals surface area contributed by atoms with Gasteiger partial charge in [0.25, 0.3) is 0 Å². The molecule has 1 saturated heterocycles. The number of hydrogen-bond acceptors (Lipinski definition) is 3. The summed E-state index contributed by atoms with van der Waals surface area (Å²) in [6, 6.07) is 11.1. The van der Waals surface area contributed by atoms with Crippen LogP contribution in [0.5, 0.6) is 0 Å². The number of guanidine groups is 1. The molecule has 0 bridgehead atoms. The van der Waals surface area contributed by atoms with E-state index in [4.69, 9.17) is 4.99 Å². The molecule has 0 aliphatic carbocycles. The van der Waals surface area contributed by atoms with Crippen LogP contribution in [0.3, 0.4) is 0 Å². The lowest BCUT2D eigenvalue weighted by atomic mass is 10.0. The zero-order valence-electron chi connectivity index (χ0n) is 16.6. The fourth-order valence-corrected chi connectivity index (χ4v) is 3.72. The first-order valence-electron chi connectivity index (χ1n) is 10.2. The highest BCUT2D eigenvalue weighted by atomic mass is 79.9. The molecule has 152 valence electrons. The van der Waals surface area contributed by atoms with Crippen molar-refractivity contribution in [1.82, 2.24) is 25.3 Å². The van der Waals surface area contributed by atoms with Crippen molar-refractivity contribution in [2.24, 2.45) is 4.99 Å². The van der Waals surface area contributed by atoms with Crippen molar-refractivity contribution < 1.29 is 0 Å². The van der Waals surface area contributed by atoms with Crippen molar-refractivity contribution >= 4 is 21.9 Å². The topological polar surface area (TPSA) is 57.5 Å². The minimum atomic E-state index is 0.491. The predicted molar refractivity (Wildman–Crippen MR) is 118 cm³/mol. The second-order valence-electron chi connectivity index (χ2n) is 7.20. The third-order valence-electron chi connectivity index (χ3n) is 4.97. The van der Waals surface area contributed by atoms with Gasteiger partial charge in [0.05, 0.1) is 0 Å². The van der Waals surface area contributed by atoms with Crippen LogP contribution in [0.4, 0.5) is 0 Å². The number of hydrogen-bond donors (Lipinski definition) is 2. The highest BCUT2D eigenvalue weighted by Crippen LogP contribution is 2.16. The van der Waals surface area contributed by atoms with Crippen molar-refractivity contribution in [2.45, 2.75) is 45.3 Å². The number of piperidine rings is 1. The van der Waals surface area contributed by atoms with Gasteiger partial charge < -0.3 is 10.6 Å². The van der Waals surface area contributed by atoms with Gasteiger partial charge in [-0.3, -0.25) is 14.6 Å². The van der Waals surface area contributed by atoms with Crippen LogP contribution in [-0.4, -0.2) is 52.9 Å². The molecule has 0 spiro atoms. The monoisotopic (exact) mass is 446 g/mol. The van der Waals surface area contributed by atoms with Gasteiger partial charge in [0.1, 0.15) is 0 Å². The third-order valence-corrected chi connectivity index (χ3v) is 5.50. The Labute approximate surface area is 176 Å². The van der Waals surface area contributed by atoms with Crippen LogP contribution in [0.1, 0.15) is 31.7 Å². The first-order chi connectivity index (χ1) is 13.7. The second kappa shape index (κ2) is 11.2. The SMILES string of the molecule is CCNC(=NCCCn1cccn1)NC1CCN(Cc2ccc(Br)cc2)CC1. The molecule has 0 amide bonds. The Hall–Kier alpha value is -1.86. The van der Waals surface area contributed by atoms with E-state index in [0.29, 0.717) is 6.04 Å². The summed E-state index contributed by atoms with van der Waals surface area (Å²) in [6.45, 7) is 7.97. The lowest BCUT2D eigenvalue weighted by Gasteiger charge is -2.33. The van der Waals surface area contributed by atoms with E-state index in [1.54, 1.807) is 0 Å². The average molecular weight is 447 g/mol. The minimum absolute atomic E-state index is 0.491. The Morgan fingerprint density at radius 1 is 1.25 bits per heavy atom. The van der Waals surface area contributed by atoms with Crippen LogP contribution in [0.2, 0.25) is 0 Å². The molecule has 6 nitrogen and oxygen atoms in total. The number of nitrogens with one attached hydrogen (secondary N) is 2. The number of benzene rings is 1. The van der Waals surface area contributed by atoms with Crippen LogP contribution >= 0.6 is 15.9 Å². The van der Waals surface area contributed by atoms with Gasteiger partial charge >= 0.3 is 0 Å². The second-order valence-corrected chi connectivity index (χ2v) is 8.12. The van der Waals surface area contributed by atoms with E-state index in [0.717, 1.165) is 69.0 Å². The van der Waals surface area contributed by atoms with Crippen LogP contribution in [0, 0.1) is 0 Å². The molecular formula is C21H31BrN6. The predicted octanol–water partition coefficient (Wildman–Crippen LogP) is 3.26. The van der Waals surface area contributed by atoms with Gasteiger partial charge in [-0.25, -0.2) is 0 Å². The van der Waals surface area contributed by atoms with Crippen molar-refractivity contribution in [3.8, 4) is 0 Å². The molecule has 0 saturated carbocycles. The zero-order chi connectivity index (χ0) is 19.6. The van der Waals surface area contributed by atoms with E-state index < -0.39 is 0 Å². The molecule has 1 aliphatic heterocycles. The summed E-state index contributed by atoms with van der Waals surface area (Å²) in [5, 5.41) is 11.2. The van der Waals surface area contributed by atoms with E-state index in [9.17, 15) is 0 Å². The Morgan fingerprint density at radius 3 is 2.71 bits per heavy atom. The van der Waals surface area contributed by atoms with Crippen molar-refractivity contribution in [1.29, 1.82) is 0 Å². The van der Waals surface area contributed by atoms with Crippen LogP contribution in [-0.2, 0) is 13.1 Å². The normalized spacial score (nSPS) is 16.3. The Morgan fingerprint density at radius 2 is 2.04 bits per heavy atom. The van der Waals surface area contributed by atoms with Crippen molar-refractivity contribution in [3.63, 3.8) is 0 Å². The molecule has 1 aromatic heterocycles. The third kappa shape index (κ3) is 6.95. The van der Waals surface area contributed by atoms with E-state index in [2.05, 4.69) is 67.8 Å². The summed E-state index contributed by atoms with van der Waals surface area (Å²) in [6.07, 6.45) is 7.10. The molecule has 1 aromatic carbocycles. The lowest BCUT2D eigenvalue weighted by Crippen LogP contribution is -2.48. The highest BCUT2D eigenvalue weighted by molar-refractivity contribution is 9.10. The quantitative estimate of drug-likeness (QED) is 0.371. The molecule has 28 heavy (non-hydrogen) atoms. The summed E-state index contributed by atoms with van der Waals surface area (Å²) in [4.78, 5) is 7.27. The molecule has 2 heterocycles. The van der Waals surface area contributed by atoms with Gasteiger partial charge in [0.2, 0.25) is 0 Å². The van der Waals surface area contributed by atoms with E-state index in [1.165, 1.54) is 5.56 Å². The number of rotatable bonds is 8. The molecule has 2 N–H and O–H groups in total. The summed E-state index contributed by atoms with van der Waals surface area (Å²) < 4.78 is 3.09. The summed E-state index contributed by atoms with van der Waals surface area (Å²) in [5.41, 5.74) is 1.38. The Bertz CT molecular complexity index is 705. The molecular weight excluding hydrogens is 416 g/mol. The number of nitrogens with zero attached hydrogens (tertiary/aromatic N) is 4. The zero-order valence-corrected chi connectivity index (χ0v) is 18.2. The van der Waals surface area contributed by atoms with Crippen LogP contribution in [0.15, 0.2) is 52.2 Å². The van der Waals surface area contributed by atoms with Gasteiger partial charge in [-0.05, 0) is 49.9 Å². The van der Waals surface area contributed by atoms with Crippen molar-refractivity contribution in [2.75, 3.05) is 26.2 Å². The number of likely N-dealkylation sites (tertiary alicyclic amines) is 1. The summed E-state index contributed by atoms with van der Waals surface area (Å²) >= 11 is 3.50. The molecule has 0 unspecified atom stereocenters. The van der Waals surface area contributed by atoms with Gasteiger partial charge in [0.15, 0.2) is 5.96 Å². The first-order valence-corrected chi connectivity index (χ1v) is 11.0. The van der Waals surface area contributed by atoms with Crippen LogP contribution < -0.4 is 10.6 Å². The Balaban J connectivity index is 1.40. The summed E-state index contributed by atoms with van der Waals surface area (Å²) in [7, 11) is 0. The first kappa shape index (κ1) is 20.9. The molecule has 2 aromatic rings. The summed E-state index contributed by atoms with van der Waals surface area (Å²) in [5.74, 6) is 0.939. The number of aromatic nitrogens is 2. The lowest BCUT2D eigenvalue weighted by molar-refractivity contribution is 0.198. The maximum Gasteiger partial charge on any atom is 0.191 e. The van der Waals surface area contributed by atoms with E-state index in [-0.39, 0.29) is 0 Å². The largest absolute Gasteiger partial charge is 0.357 e. The van der Waals surface area contributed by atoms with Gasteiger partial charge in [-0.2, -0.15) is 5.10 Å². The van der Waals surface area contributed by atoms with Gasteiger partial charge in [0, 0.05) is 62.2 Å². The fourth-order valence-electron chi connectivity index (χ4n) is 3.45. The molecule has 0 radical (unpaired) electrons. The maximum absolute atomic E-state index is 4.74. The molecule has 1 fully saturated rings. The highest BCUT2D eigenvalue weighted by Gasteiger charge is 2.20. The number of aliphatic imine (C=N–C) groups is 1. The maximum atomic E-state index is 4.74. The van der Waals surface area contributed by atoms with E-state index >= 15 is 0 Å². The fraction of sp³-hybridized carbons (Fsp3) is 0.524. The number of aryl methyl sites for hydroxylation is 1. The minimum Gasteiger partial charge on any atom is -0.357 e. The molecule has 3 rings (SSSR count). The average Bonchev–Trinajstić information content (AvgIpc) is 3.22. The van der Waals surface area contributed by atoms with Crippen LogP contribution in [0.25, 0.3) is 0 Å². The standard InChI is InChI=1S/C21H31BrN6/c1-2-23-21(24-11-3-13-28-14-4-12-25-28)26-20-9-15-27(16-10-20)17-18-5-7-19(22)8-6-18/h4-8,12,14,20H,2-3,9-11,13,15-17H2,1H3,(H2,23,24,26). The van der Waals surface area contributed by atoms with Crippen molar-refractivity contribution in [3.05, 3.63) is 52.8 Å². The molecule has 7 heteroatoms. The molecule has 0 atom stereocenters. The van der Waals surface area contributed by atoms with E-state index in [1.807, 2.05) is 23.1 Å². The smallest absolute Gasteiger partial charge is 0.191 e.